The number of rotatable bonds is 3. The van der Waals surface area contributed by atoms with E-state index in [2.05, 4.69) is 20.4 Å². The number of hydrogen-bond acceptors (Lipinski definition) is 4. The van der Waals surface area contributed by atoms with Gasteiger partial charge in [-0.25, -0.2) is 0 Å². The van der Waals surface area contributed by atoms with Gasteiger partial charge in [-0.05, 0) is 25.8 Å². The van der Waals surface area contributed by atoms with E-state index in [1.54, 1.807) is 0 Å². The molecule has 2 aliphatic heterocycles. The van der Waals surface area contributed by atoms with E-state index in [0.717, 1.165) is 30.0 Å². The molecule has 2 N–H and O–H groups in total. The average Bonchev–Trinajstić information content (AvgIpc) is 2.84. The number of fused-ring (bicyclic) bond motifs is 1. The zero-order valence-electron chi connectivity index (χ0n) is 13.2. The number of piperazine rings is 2. The predicted molar refractivity (Wildman–Crippen MR) is 81.3 cm³/mol. The van der Waals surface area contributed by atoms with Crippen LogP contribution in [0.15, 0.2) is 0 Å². The highest BCUT2D eigenvalue weighted by molar-refractivity contribution is 5.84. The minimum atomic E-state index is -0.177. The fourth-order valence-corrected chi connectivity index (χ4v) is 3.34. The number of hydrogen-bond donors (Lipinski definition) is 2. The highest BCUT2D eigenvalue weighted by Crippen LogP contribution is 2.16. The summed E-state index contributed by atoms with van der Waals surface area (Å²) in [6.45, 7) is 7.53. The van der Waals surface area contributed by atoms with Crippen LogP contribution in [0.2, 0.25) is 0 Å². The van der Waals surface area contributed by atoms with E-state index in [-0.39, 0.29) is 17.9 Å². The van der Waals surface area contributed by atoms with Crippen LogP contribution in [0.3, 0.4) is 0 Å². The van der Waals surface area contributed by atoms with E-state index in [4.69, 9.17) is 0 Å². The maximum absolute atomic E-state index is 12.4. The number of aryl methyl sites for hydroxylation is 2. The molecule has 0 radical (unpaired) electrons. The molecule has 2 amide bonds. The summed E-state index contributed by atoms with van der Waals surface area (Å²) in [5.41, 5.74) is 3.12. The first kappa shape index (κ1) is 15.0. The first-order valence-corrected chi connectivity index (χ1v) is 7.86. The molecule has 7 nitrogen and oxygen atoms in total. The van der Waals surface area contributed by atoms with Gasteiger partial charge in [0.25, 0.3) is 0 Å². The van der Waals surface area contributed by atoms with Crippen LogP contribution in [-0.4, -0.2) is 70.6 Å². The van der Waals surface area contributed by atoms with Gasteiger partial charge in [0.05, 0.1) is 5.69 Å². The number of carbonyl (C=O) groups is 2. The minimum Gasteiger partial charge on any atom is -0.353 e. The second-order valence-electron chi connectivity index (χ2n) is 6.10. The van der Waals surface area contributed by atoms with Crippen molar-refractivity contribution < 1.29 is 9.59 Å². The van der Waals surface area contributed by atoms with Crippen LogP contribution in [0.4, 0.5) is 0 Å². The SMILES string of the molecule is Cc1n[nH]c(C)c1CCC(=O)N1CCN2CCNC(=O)C2C1. The van der Waals surface area contributed by atoms with Gasteiger partial charge >= 0.3 is 0 Å². The Morgan fingerprint density at radius 2 is 2.14 bits per heavy atom. The molecule has 0 aromatic carbocycles. The molecule has 2 saturated heterocycles. The summed E-state index contributed by atoms with van der Waals surface area (Å²) < 4.78 is 0. The van der Waals surface area contributed by atoms with E-state index < -0.39 is 0 Å². The van der Waals surface area contributed by atoms with Crippen LogP contribution < -0.4 is 5.32 Å². The van der Waals surface area contributed by atoms with Gasteiger partial charge in [0.15, 0.2) is 0 Å². The number of carbonyl (C=O) groups excluding carboxylic acids is 2. The molecule has 0 saturated carbocycles. The quantitative estimate of drug-likeness (QED) is 0.796. The summed E-state index contributed by atoms with van der Waals surface area (Å²) in [6.07, 6.45) is 1.17. The van der Waals surface area contributed by atoms with Crippen LogP contribution >= 0.6 is 0 Å². The lowest BCUT2D eigenvalue weighted by Gasteiger charge is -2.43. The molecule has 120 valence electrons. The van der Waals surface area contributed by atoms with Crippen LogP contribution in [-0.2, 0) is 16.0 Å². The molecule has 1 unspecified atom stereocenters. The second-order valence-corrected chi connectivity index (χ2v) is 6.10. The normalized spacial score (nSPS) is 22.4. The first-order chi connectivity index (χ1) is 10.6. The summed E-state index contributed by atoms with van der Waals surface area (Å²) >= 11 is 0. The van der Waals surface area contributed by atoms with Gasteiger partial charge in [-0.15, -0.1) is 0 Å². The van der Waals surface area contributed by atoms with Crippen LogP contribution in [0.1, 0.15) is 23.4 Å². The fraction of sp³-hybridized carbons (Fsp3) is 0.667. The van der Waals surface area contributed by atoms with Crippen molar-refractivity contribution >= 4 is 11.8 Å². The summed E-state index contributed by atoms with van der Waals surface area (Å²) in [5, 5.41) is 9.99. The third kappa shape index (κ3) is 2.85. The topological polar surface area (TPSA) is 81.3 Å². The predicted octanol–water partition coefficient (Wildman–Crippen LogP) is -0.398. The zero-order valence-corrected chi connectivity index (χ0v) is 13.2. The van der Waals surface area contributed by atoms with Crippen molar-refractivity contribution in [1.82, 2.24) is 25.3 Å². The smallest absolute Gasteiger partial charge is 0.239 e. The lowest BCUT2D eigenvalue weighted by molar-refractivity contribution is -0.139. The summed E-state index contributed by atoms with van der Waals surface area (Å²) in [6, 6.07) is -0.177. The van der Waals surface area contributed by atoms with Gasteiger partial charge in [0.1, 0.15) is 6.04 Å². The van der Waals surface area contributed by atoms with E-state index in [0.29, 0.717) is 32.5 Å². The molecule has 2 fully saturated rings. The number of aromatic nitrogens is 2. The first-order valence-electron chi connectivity index (χ1n) is 7.86. The van der Waals surface area contributed by atoms with Crippen LogP contribution in [0.25, 0.3) is 0 Å². The molecule has 1 atom stereocenters. The number of amides is 2. The lowest BCUT2D eigenvalue weighted by Crippen LogP contribution is -2.64. The van der Waals surface area contributed by atoms with E-state index >= 15 is 0 Å². The highest BCUT2D eigenvalue weighted by atomic mass is 16.2. The Morgan fingerprint density at radius 3 is 2.86 bits per heavy atom. The Labute approximate surface area is 130 Å². The van der Waals surface area contributed by atoms with Crippen molar-refractivity contribution in [2.24, 2.45) is 0 Å². The molecule has 0 bridgehead atoms. The second kappa shape index (κ2) is 6.08. The van der Waals surface area contributed by atoms with E-state index in [1.165, 1.54) is 0 Å². The number of nitrogens with one attached hydrogen (secondary N) is 2. The van der Waals surface area contributed by atoms with Gasteiger partial charge in [0, 0.05) is 44.8 Å². The molecule has 2 aliphatic rings. The van der Waals surface area contributed by atoms with Crippen molar-refractivity contribution in [3.63, 3.8) is 0 Å². The molecule has 0 spiro atoms. The average molecular weight is 305 g/mol. The fourth-order valence-electron chi connectivity index (χ4n) is 3.34. The van der Waals surface area contributed by atoms with E-state index in [9.17, 15) is 9.59 Å². The van der Waals surface area contributed by atoms with Gasteiger partial charge in [-0.1, -0.05) is 0 Å². The molecular formula is C15H23N5O2. The Bertz CT molecular complexity index is 563. The van der Waals surface area contributed by atoms with Gasteiger partial charge < -0.3 is 10.2 Å². The third-order valence-corrected chi connectivity index (χ3v) is 4.71. The number of nitrogens with zero attached hydrogens (tertiary/aromatic N) is 3. The van der Waals surface area contributed by atoms with Gasteiger partial charge in [-0.2, -0.15) is 5.10 Å². The Hall–Kier alpha value is -1.89. The van der Waals surface area contributed by atoms with Crippen molar-refractivity contribution in [2.45, 2.75) is 32.7 Å². The van der Waals surface area contributed by atoms with Crippen molar-refractivity contribution in [1.29, 1.82) is 0 Å². The third-order valence-electron chi connectivity index (χ3n) is 4.71. The molecule has 3 heterocycles. The van der Waals surface area contributed by atoms with Crippen molar-refractivity contribution in [3.8, 4) is 0 Å². The van der Waals surface area contributed by atoms with Crippen molar-refractivity contribution in [3.05, 3.63) is 17.0 Å². The monoisotopic (exact) mass is 305 g/mol. The Balaban J connectivity index is 1.58. The van der Waals surface area contributed by atoms with Crippen LogP contribution in [0.5, 0.6) is 0 Å². The van der Waals surface area contributed by atoms with Crippen molar-refractivity contribution in [2.75, 3.05) is 32.7 Å². The summed E-state index contributed by atoms with van der Waals surface area (Å²) in [4.78, 5) is 28.4. The minimum absolute atomic E-state index is 0.0465. The molecular weight excluding hydrogens is 282 g/mol. The van der Waals surface area contributed by atoms with Gasteiger partial charge in [0.2, 0.25) is 11.8 Å². The van der Waals surface area contributed by atoms with Crippen LogP contribution in [0, 0.1) is 13.8 Å². The zero-order chi connectivity index (χ0) is 15.7. The molecule has 0 aliphatic carbocycles. The molecule has 1 aromatic rings. The number of H-pyrrole nitrogens is 1. The molecule has 7 heteroatoms. The highest BCUT2D eigenvalue weighted by Gasteiger charge is 2.36. The lowest BCUT2D eigenvalue weighted by atomic mass is 10.1. The molecule has 22 heavy (non-hydrogen) atoms. The van der Waals surface area contributed by atoms with E-state index in [1.807, 2.05) is 18.7 Å². The summed E-state index contributed by atoms with van der Waals surface area (Å²) in [7, 11) is 0. The maximum Gasteiger partial charge on any atom is 0.239 e. The maximum atomic E-state index is 12.4. The molecule has 3 rings (SSSR count). The largest absolute Gasteiger partial charge is 0.353 e. The van der Waals surface area contributed by atoms with Gasteiger partial charge in [-0.3, -0.25) is 19.6 Å². The standard InChI is InChI=1S/C15H23N5O2/c1-10-12(11(2)18-17-10)3-4-14(21)20-8-7-19-6-5-16-15(22)13(19)9-20/h13H,3-9H2,1-2H3,(H,16,22)(H,17,18). The number of aromatic amines is 1. The Morgan fingerprint density at radius 1 is 1.32 bits per heavy atom. The summed E-state index contributed by atoms with van der Waals surface area (Å²) in [5.74, 6) is 0.170. The molecule has 1 aromatic heterocycles. The Kier molecular flexibility index (Phi) is 4.15.